The van der Waals surface area contributed by atoms with Gasteiger partial charge in [-0.1, -0.05) is 54.0 Å². The Labute approximate surface area is 214 Å². The molecule has 0 amide bonds. The Balaban J connectivity index is 2.39. The van der Waals surface area contributed by atoms with E-state index in [2.05, 4.69) is 30.9 Å². The average Bonchev–Trinajstić information content (AvgIpc) is 2.88. The van der Waals surface area contributed by atoms with Crippen molar-refractivity contribution in [1.82, 2.24) is 0 Å². The number of nitrogens with zero attached hydrogens (tertiary/aromatic N) is 4. The number of hydrogen-bond acceptors (Lipinski definition) is 6. The predicted molar refractivity (Wildman–Crippen MR) is 130 cm³/mol. The first kappa shape index (κ1) is 25.8. The summed E-state index contributed by atoms with van der Waals surface area (Å²) < 4.78 is 5.14. The Hall–Kier alpha value is -3.81. The number of hydrogen-bond donors (Lipinski definition) is 0. The molecule has 6 nitrogen and oxygen atoms in total. The second-order valence-electron chi connectivity index (χ2n) is 8.31. The van der Waals surface area contributed by atoms with Crippen LogP contribution in [0.4, 0.5) is 0 Å². The molecule has 1 aliphatic carbocycles. The van der Waals surface area contributed by atoms with E-state index in [-0.39, 0.29) is 18.6 Å². The largest absolute Gasteiger partial charge is 0.463 e. The van der Waals surface area contributed by atoms with E-state index >= 15 is 0 Å². The molecular weight excluding hydrogens is 483 g/mol. The molecule has 3 atom stereocenters. The Kier molecular flexibility index (Phi) is 7.53. The third-order valence-electron chi connectivity index (χ3n) is 6.66. The summed E-state index contributed by atoms with van der Waals surface area (Å²) in [6.45, 7) is 5.60. The van der Waals surface area contributed by atoms with Crippen LogP contribution in [-0.2, 0) is 9.53 Å². The van der Waals surface area contributed by atoms with Crippen LogP contribution in [0.5, 0.6) is 0 Å². The zero-order chi connectivity index (χ0) is 25.8. The van der Waals surface area contributed by atoms with Gasteiger partial charge in [-0.3, -0.25) is 0 Å². The number of carbonyl (C=O) groups is 1. The normalized spacial score (nSPS) is 21.9. The van der Waals surface area contributed by atoms with Gasteiger partial charge in [0.2, 0.25) is 0 Å². The van der Waals surface area contributed by atoms with E-state index in [1.165, 1.54) is 0 Å². The maximum atomic E-state index is 12.7. The second-order valence-corrected chi connectivity index (χ2v) is 9.18. The molecule has 8 heteroatoms. The van der Waals surface area contributed by atoms with Gasteiger partial charge in [0.15, 0.2) is 10.8 Å². The van der Waals surface area contributed by atoms with Gasteiger partial charge in [0.05, 0.1) is 30.9 Å². The van der Waals surface area contributed by atoms with E-state index in [0.29, 0.717) is 21.2 Å². The van der Waals surface area contributed by atoms with Crippen LogP contribution in [0.2, 0.25) is 10.0 Å². The van der Waals surface area contributed by atoms with Gasteiger partial charge >= 0.3 is 5.97 Å². The minimum absolute atomic E-state index is 0.0222. The fraction of sp³-hybridized carbons (Fsp3) is 0.296. The van der Waals surface area contributed by atoms with Crippen LogP contribution in [0.3, 0.4) is 0 Å². The molecular formula is C27H20Cl2N4O2. The van der Waals surface area contributed by atoms with Crippen LogP contribution < -0.4 is 0 Å². The van der Waals surface area contributed by atoms with Crippen LogP contribution in [0.15, 0.2) is 60.7 Å². The van der Waals surface area contributed by atoms with Gasteiger partial charge in [-0.25, -0.2) is 4.79 Å². The number of carbonyl (C=O) groups excluding carboxylic acids is 1. The summed E-state index contributed by atoms with van der Waals surface area (Å²) in [5, 5.41) is 42.8. The van der Waals surface area contributed by atoms with Crippen LogP contribution in [0.25, 0.3) is 0 Å². The van der Waals surface area contributed by atoms with Crippen LogP contribution >= 0.6 is 23.2 Å². The van der Waals surface area contributed by atoms with Gasteiger partial charge < -0.3 is 4.74 Å². The van der Waals surface area contributed by atoms with Crippen LogP contribution in [0.1, 0.15) is 36.3 Å². The van der Waals surface area contributed by atoms with Gasteiger partial charge in [-0.05, 0) is 48.7 Å². The lowest BCUT2D eigenvalue weighted by Crippen LogP contribution is -2.52. The molecule has 0 aromatic heterocycles. The van der Waals surface area contributed by atoms with Crippen molar-refractivity contribution in [2.24, 2.45) is 16.7 Å². The summed E-state index contributed by atoms with van der Waals surface area (Å²) >= 11 is 12.1. The summed E-state index contributed by atoms with van der Waals surface area (Å²) in [6, 6.07) is 21.5. The highest BCUT2D eigenvalue weighted by Crippen LogP contribution is 2.64. The van der Waals surface area contributed by atoms with Crippen molar-refractivity contribution in [2.75, 3.05) is 6.61 Å². The van der Waals surface area contributed by atoms with Crippen molar-refractivity contribution in [3.05, 3.63) is 81.9 Å². The number of halogens is 2. The van der Waals surface area contributed by atoms with Gasteiger partial charge in [0, 0.05) is 33.4 Å². The molecule has 0 bridgehead atoms. The highest BCUT2D eigenvalue weighted by atomic mass is 35.5. The zero-order valence-corrected chi connectivity index (χ0v) is 20.3. The summed E-state index contributed by atoms with van der Waals surface area (Å²) in [4.78, 5) is 12.7. The van der Waals surface area contributed by atoms with Crippen molar-refractivity contribution < 1.29 is 9.53 Å². The smallest absolute Gasteiger partial charge is 0.333 e. The first-order chi connectivity index (χ1) is 16.7. The SMILES string of the molecule is C=C(C(=O)OCC)[C@H]1C[C@@H](c2ccc(Cl)cc2)C(C#N)(C#N)[C@@H](c2ccc(Cl)cc2)C1(C#N)C#N. The third kappa shape index (κ3) is 4.24. The molecule has 3 rings (SSSR count). The van der Waals surface area contributed by atoms with Crippen molar-refractivity contribution in [2.45, 2.75) is 25.2 Å². The summed E-state index contributed by atoms with van der Waals surface area (Å²) in [7, 11) is 0. The monoisotopic (exact) mass is 502 g/mol. The predicted octanol–water partition coefficient (Wildman–Crippen LogP) is 6.07. The highest BCUT2D eigenvalue weighted by Gasteiger charge is 2.66. The van der Waals surface area contributed by atoms with Gasteiger partial charge in [0.25, 0.3) is 0 Å². The molecule has 2 aromatic rings. The fourth-order valence-electron chi connectivity index (χ4n) is 5.05. The Morgan fingerprint density at radius 2 is 1.37 bits per heavy atom. The fourth-order valence-corrected chi connectivity index (χ4v) is 5.30. The maximum Gasteiger partial charge on any atom is 0.333 e. The van der Waals surface area contributed by atoms with E-state index in [1.807, 2.05) is 0 Å². The molecule has 0 spiro atoms. The van der Waals surface area contributed by atoms with Crippen molar-refractivity contribution >= 4 is 29.2 Å². The first-order valence-corrected chi connectivity index (χ1v) is 11.5. The number of nitriles is 4. The van der Waals surface area contributed by atoms with Crippen LogP contribution in [-0.4, -0.2) is 12.6 Å². The van der Waals surface area contributed by atoms with Crippen molar-refractivity contribution in [3.63, 3.8) is 0 Å². The van der Waals surface area contributed by atoms with Crippen molar-refractivity contribution in [3.8, 4) is 24.3 Å². The third-order valence-corrected chi connectivity index (χ3v) is 7.16. The Morgan fingerprint density at radius 1 is 0.914 bits per heavy atom. The van der Waals surface area contributed by atoms with Crippen molar-refractivity contribution in [1.29, 1.82) is 21.0 Å². The van der Waals surface area contributed by atoms with E-state index in [0.717, 1.165) is 0 Å². The average molecular weight is 503 g/mol. The molecule has 0 unspecified atom stereocenters. The number of rotatable bonds is 5. The second kappa shape index (κ2) is 10.2. The molecule has 1 fully saturated rings. The standard InChI is InChI=1S/C27H20Cl2N4O2/c1-3-35-25(34)17(2)22-12-23(18-4-8-20(28)9-5-18)27(15-32,16-33)24(26(22,13-30)14-31)19-6-10-21(29)11-7-19/h4-11,22-24H,2-3,12H2,1H3/t22-,23+,24+/m1/s1. The molecule has 35 heavy (non-hydrogen) atoms. The van der Waals surface area contributed by atoms with Gasteiger partial charge in [-0.15, -0.1) is 0 Å². The molecule has 1 aliphatic rings. The summed E-state index contributed by atoms with van der Waals surface area (Å²) in [5.74, 6) is -3.75. The van der Waals surface area contributed by atoms with E-state index in [9.17, 15) is 25.8 Å². The topological polar surface area (TPSA) is 121 Å². The van der Waals surface area contributed by atoms with E-state index < -0.39 is 34.6 Å². The molecule has 2 aromatic carbocycles. The Morgan fingerprint density at radius 3 is 1.80 bits per heavy atom. The molecule has 0 radical (unpaired) electrons. The maximum absolute atomic E-state index is 12.7. The zero-order valence-electron chi connectivity index (χ0n) is 18.8. The van der Waals surface area contributed by atoms with Gasteiger partial charge in [-0.2, -0.15) is 21.0 Å². The molecule has 0 N–H and O–H groups in total. The van der Waals surface area contributed by atoms with E-state index in [4.69, 9.17) is 27.9 Å². The number of esters is 1. The highest BCUT2D eigenvalue weighted by molar-refractivity contribution is 6.30. The minimum Gasteiger partial charge on any atom is -0.463 e. The summed E-state index contributed by atoms with van der Waals surface area (Å²) in [5.41, 5.74) is -2.84. The lowest BCUT2D eigenvalue weighted by Gasteiger charge is -2.50. The van der Waals surface area contributed by atoms with E-state index in [1.54, 1.807) is 55.5 Å². The number of ether oxygens (including phenoxy) is 1. The molecule has 174 valence electrons. The quantitative estimate of drug-likeness (QED) is 0.361. The van der Waals surface area contributed by atoms with Gasteiger partial charge in [0.1, 0.15) is 0 Å². The minimum atomic E-state index is -1.97. The molecule has 0 heterocycles. The summed E-state index contributed by atoms with van der Waals surface area (Å²) in [6.07, 6.45) is -0.0222. The molecule has 0 saturated heterocycles. The Bertz CT molecular complexity index is 1280. The van der Waals surface area contributed by atoms with Crippen LogP contribution in [0, 0.1) is 62.1 Å². The molecule has 1 saturated carbocycles. The lowest BCUT2D eigenvalue weighted by molar-refractivity contribution is -0.139. The first-order valence-electron chi connectivity index (χ1n) is 10.8. The molecule has 0 aliphatic heterocycles. The number of benzene rings is 2. The lowest BCUT2D eigenvalue weighted by atomic mass is 9.45.